The van der Waals surface area contributed by atoms with Crippen LogP contribution < -0.4 is 0 Å². The highest BCUT2D eigenvalue weighted by molar-refractivity contribution is 7.12. The van der Waals surface area contributed by atoms with Crippen molar-refractivity contribution in [2.75, 3.05) is 13.1 Å². The number of amides is 1. The van der Waals surface area contributed by atoms with E-state index < -0.39 is 5.60 Å². The lowest BCUT2D eigenvalue weighted by molar-refractivity contribution is -0.155. The van der Waals surface area contributed by atoms with Crippen molar-refractivity contribution < 1.29 is 14.7 Å². The molecule has 0 aromatic carbocycles. The largest absolute Gasteiger partial charge is 0.393 e. The molecule has 0 aliphatic carbocycles. The van der Waals surface area contributed by atoms with Gasteiger partial charge in [-0.25, -0.2) is 0 Å². The van der Waals surface area contributed by atoms with Gasteiger partial charge in [0.15, 0.2) is 0 Å². The average molecular weight is 294 g/mol. The van der Waals surface area contributed by atoms with E-state index in [0.29, 0.717) is 32.4 Å². The van der Waals surface area contributed by atoms with Crippen LogP contribution in [0.25, 0.3) is 0 Å². The van der Waals surface area contributed by atoms with E-state index in [-0.39, 0.29) is 12.0 Å². The van der Waals surface area contributed by atoms with E-state index in [1.165, 1.54) is 0 Å². The SMILES string of the molecule is C[C@]1(C(=O)N2CCC(O)CC2)CC(c2cccs2)=NO1. The highest BCUT2D eigenvalue weighted by Gasteiger charge is 2.45. The third kappa shape index (κ3) is 2.45. The maximum atomic E-state index is 12.6. The molecule has 1 saturated heterocycles. The van der Waals surface area contributed by atoms with Crippen molar-refractivity contribution in [1.82, 2.24) is 4.90 Å². The van der Waals surface area contributed by atoms with Crippen molar-refractivity contribution in [1.29, 1.82) is 0 Å². The van der Waals surface area contributed by atoms with Crippen LogP contribution in [-0.4, -0.2) is 46.4 Å². The highest BCUT2D eigenvalue weighted by Crippen LogP contribution is 2.30. The molecule has 0 unspecified atom stereocenters. The van der Waals surface area contributed by atoms with Gasteiger partial charge in [0.25, 0.3) is 5.91 Å². The first kappa shape index (κ1) is 13.6. The minimum Gasteiger partial charge on any atom is -0.393 e. The zero-order valence-corrected chi connectivity index (χ0v) is 12.2. The predicted octanol–water partition coefficient (Wildman–Crippen LogP) is 1.61. The van der Waals surface area contributed by atoms with E-state index in [9.17, 15) is 9.90 Å². The molecule has 1 amide bonds. The smallest absolute Gasteiger partial charge is 0.269 e. The van der Waals surface area contributed by atoms with Gasteiger partial charge in [0.2, 0.25) is 5.60 Å². The van der Waals surface area contributed by atoms with Crippen molar-refractivity contribution in [3.63, 3.8) is 0 Å². The molecule has 0 radical (unpaired) electrons. The van der Waals surface area contributed by atoms with E-state index in [2.05, 4.69) is 5.16 Å². The fourth-order valence-corrected chi connectivity index (χ4v) is 3.34. The molecule has 0 bridgehead atoms. The molecule has 5 nitrogen and oxygen atoms in total. The summed E-state index contributed by atoms with van der Waals surface area (Å²) in [5, 5.41) is 15.6. The van der Waals surface area contributed by atoms with Crippen molar-refractivity contribution >= 4 is 23.0 Å². The number of aliphatic hydroxyl groups excluding tert-OH is 1. The number of nitrogens with zero attached hydrogens (tertiary/aromatic N) is 2. The Morgan fingerprint density at radius 2 is 2.30 bits per heavy atom. The number of hydrogen-bond donors (Lipinski definition) is 1. The van der Waals surface area contributed by atoms with Gasteiger partial charge in [0.05, 0.1) is 11.0 Å². The molecule has 0 spiro atoms. The van der Waals surface area contributed by atoms with Crippen molar-refractivity contribution in [3.8, 4) is 0 Å². The number of carbonyl (C=O) groups excluding carboxylic acids is 1. The van der Waals surface area contributed by atoms with Crippen molar-refractivity contribution in [3.05, 3.63) is 22.4 Å². The van der Waals surface area contributed by atoms with Crippen LogP contribution in [-0.2, 0) is 9.63 Å². The fourth-order valence-electron chi connectivity index (χ4n) is 2.63. The average Bonchev–Trinajstić information content (AvgIpc) is 3.08. The molecule has 20 heavy (non-hydrogen) atoms. The van der Waals surface area contributed by atoms with Crippen LogP contribution in [0.15, 0.2) is 22.7 Å². The van der Waals surface area contributed by atoms with Gasteiger partial charge < -0.3 is 14.8 Å². The zero-order chi connectivity index (χ0) is 14.2. The first-order chi connectivity index (χ1) is 9.58. The monoisotopic (exact) mass is 294 g/mol. The van der Waals surface area contributed by atoms with Crippen LogP contribution in [0, 0.1) is 0 Å². The van der Waals surface area contributed by atoms with Gasteiger partial charge in [-0.2, -0.15) is 0 Å². The summed E-state index contributed by atoms with van der Waals surface area (Å²) in [6, 6.07) is 3.95. The van der Waals surface area contributed by atoms with Gasteiger partial charge >= 0.3 is 0 Å². The van der Waals surface area contributed by atoms with E-state index in [4.69, 9.17) is 4.84 Å². The maximum absolute atomic E-state index is 12.6. The fraction of sp³-hybridized carbons (Fsp3) is 0.571. The lowest BCUT2D eigenvalue weighted by Crippen LogP contribution is -2.50. The highest BCUT2D eigenvalue weighted by atomic mass is 32.1. The molecule has 0 saturated carbocycles. The molecular formula is C14H18N2O3S. The number of carbonyl (C=O) groups is 1. The van der Waals surface area contributed by atoms with Crippen LogP contribution >= 0.6 is 11.3 Å². The number of likely N-dealkylation sites (tertiary alicyclic amines) is 1. The van der Waals surface area contributed by atoms with Crippen LogP contribution in [0.3, 0.4) is 0 Å². The van der Waals surface area contributed by atoms with Gasteiger partial charge in [-0.3, -0.25) is 4.79 Å². The molecule has 1 aromatic heterocycles. The van der Waals surface area contributed by atoms with Crippen molar-refractivity contribution in [2.24, 2.45) is 5.16 Å². The van der Waals surface area contributed by atoms with Crippen LogP contribution in [0.4, 0.5) is 0 Å². The van der Waals surface area contributed by atoms with Crippen LogP contribution in [0.5, 0.6) is 0 Å². The van der Waals surface area contributed by atoms with Gasteiger partial charge in [-0.1, -0.05) is 11.2 Å². The molecule has 1 aromatic rings. The Balaban J connectivity index is 1.67. The van der Waals surface area contributed by atoms with E-state index in [1.54, 1.807) is 23.2 Å². The van der Waals surface area contributed by atoms with E-state index in [1.807, 2.05) is 17.5 Å². The number of rotatable bonds is 2. The maximum Gasteiger partial charge on any atom is 0.269 e. The molecule has 3 heterocycles. The second-order valence-electron chi connectivity index (χ2n) is 5.54. The zero-order valence-electron chi connectivity index (χ0n) is 11.4. The summed E-state index contributed by atoms with van der Waals surface area (Å²) in [4.78, 5) is 20.9. The second kappa shape index (κ2) is 5.18. The number of piperidine rings is 1. The summed E-state index contributed by atoms with van der Waals surface area (Å²) in [5.41, 5.74) is -0.0605. The Morgan fingerprint density at radius 1 is 1.55 bits per heavy atom. The molecule has 1 atom stereocenters. The topological polar surface area (TPSA) is 62.1 Å². The molecule has 1 fully saturated rings. The van der Waals surface area contributed by atoms with Crippen molar-refractivity contribution in [2.45, 2.75) is 37.9 Å². The normalized spacial score (nSPS) is 27.3. The van der Waals surface area contributed by atoms with Crippen LogP contribution in [0.2, 0.25) is 0 Å². The Kier molecular flexibility index (Phi) is 3.52. The standard InChI is InChI=1S/C14H18N2O3S/c1-14(13(18)16-6-4-10(17)5-7-16)9-11(15-19-14)12-3-2-8-20-12/h2-3,8,10,17H,4-7,9H2,1H3/t14-/m1/s1. The number of thiophene rings is 1. The quantitative estimate of drug-likeness (QED) is 0.901. The third-order valence-corrected chi connectivity index (χ3v) is 4.79. The molecule has 108 valence electrons. The second-order valence-corrected chi connectivity index (χ2v) is 6.49. The molecule has 2 aliphatic rings. The number of aliphatic hydroxyl groups is 1. The molecule has 1 N–H and O–H groups in total. The first-order valence-electron chi connectivity index (χ1n) is 6.85. The molecule has 2 aliphatic heterocycles. The summed E-state index contributed by atoms with van der Waals surface area (Å²) in [5.74, 6) is -0.0280. The summed E-state index contributed by atoms with van der Waals surface area (Å²) < 4.78 is 0. The van der Waals surface area contributed by atoms with Crippen LogP contribution in [0.1, 0.15) is 31.1 Å². The third-order valence-electron chi connectivity index (χ3n) is 3.87. The summed E-state index contributed by atoms with van der Waals surface area (Å²) in [6.45, 7) is 2.98. The number of oxime groups is 1. The van der Waals surface area contributed by atoms with Gasteiger partial charge in [-0.15, -0.1) is 11.3 Å². The molecule has 6 heteroatoms. The Bertz CT molecular complexity index is 521. The van der Waals surface area contributed by atoms with E-state index >= 15 is 0 Å². The number of hydrogen-bond acceptors (Lipinski definition) is 5. The Hall–Kier alpha value is -1.40. The van der Waals surface area contributed by atoms with E-state index in [0.717, 1.165) is 10.6 Å². The first-order valence-corrected chi connectivity index (χ1v) is 7.73. The molecular weight excluding hydrogens is 276 g/mol. The Labute approximate surface area is 121 Å². The minimum atomic E-state index is -0.901. The van der Waals surface area contributed by atoms with Gasteiger partial charge in [0, 0.05) is 19.5 Å². The van der Waals surface area contributed by atoms with Gasteiger partial charge in [-0.05, 0) is 31.2 Å². The summed E-state index contributed by atoms with van der Waals surface area (Å²) >= 11 is 1.60. The minimum absolute atomic E-state index is 0.0280. The lowest BCUT2D eigenvalue weighted by Gasteiger charge is -2.34. The Morgan fingerprint density at radius 3 is 2.95 bits per heavy atom. The summed E-state index contributed by atoms with van der Waals surface area (Å²) in [7, 11) is 0. The molecule has 3 rings (SSSR count). The lowest BCUT2D eigenvalue weighted by atomic mass is 9.96. The predicted molar refractivity (Wildman–Crippen MR) is 76.8 cm³/mol. The summed E-state index contributed by atoms with van der Waals surface area (Å²) in [6.07, 6.45) is 1.50. The van der Waals surface area contributed by atoms with Gasteiger partial charge in [0.1, 0.15) is 5.71 Å².